The lowest BCUT2D eigenvalue weighted by atomic mass is 10.2. The average molecular weight is 126 g/mol. The second-order valence-electron chi connectivity index (χ2n) is 2.64. The lowest BCUT2D eigenvalue weighted by Crippen LogP contribution is -2.22. The van der Waals surface area contributed by atoms with Gasteiger partial charge in [-0.1, -0.05) is 0 Å². The maximum Gasteiger partial charge on any atom is 0.0495 e. The van der Waals surface area contributed by atoms with Crippen LogP contribution in [0.25, 0.3) is 0 Å². The van der Waals surface area contributed by atoms with Crippen molar-refractivity contribution in [3.63, 3.8) is 0 Å². The summed E-state index contributed by atoms with van der Waals surface area (Å²) in [5, 5.41) is 6.47. The Morgan fingerprint density at radius 2 is 2.44 bits per heavy atom. The maximum atomic E-state index is 4.34. The number of hydrogen-bond acceptors (Lipinski definition) is 2. The van der Waals surface area contributed by atoms with Crippen molar-refractivity contribution in [1.29, 1.82) is 0 Å². The molecule has 1 rings (SSSR count). The van der Waals surface area contributed by atoms with Gasteiger partial charge in [0.2, 0.25) is 0 Å². The third-order valence-electron chi connectivity index (χ3n) is 1.72. The highest BCUT2D eigenvalue weighted by atomic mass is 15.5. The van der Waals surface area contributed by atoms with Gasteiger partial charge < -0.3 is 0 Å². The van der Waals surface area contributed by atoms with Crippen molar-refractivity contribution in [3.05, 3.63) is 0 Å². The van der Waals surface area contributed by atoms with Crippen LogP contribution >= 0.6 is 0 Å². The van der Waals surface area contributed by atoms with Crippen LogP contribution in [0, 0.1) is 0 Å². The second kappa shape index (κ2) is 2.38. The smallest absolute Gasteiger partial charge is 0.0495 e. The Hall–Kier alpha value is -0.530. The summed E-state index contributed by atoms with van der Waals surface area (Å²) in [7, 11) is 0. The molecule has 0 saturated carbocycles. The number of nitrogens with zero attached hydrogens (tertiary/aromatic N) is 2. The molecule has 1 unspecified atom stereocenters. The third kappa shape index (κ3) is 1.23. The van der Waals surface area contributed by atoms with Gasteiger partial charge in [0.25, 0.3) is 0 Å². The average Bonchev–Trinajstić information content (AvgIpc) is 2.10. The molecule has 0 aromatic rings. The predicted molar refractivity (Wildman–Crippen MR) is 39.6 cm³/mol. The van der Waals surface area contributed by atoms with E-state index in [0.717, 1.165) is 13.0 Å². The summed E-state index contributed by atoms with van der Waals surface area (Å²) >= 11 is 0. The van der Waals surface area contributed by atoms with Crippen molar-refractivity contribution >= 4 is 5.71 Å². The molecule has 0 fully saturated rings. The molecule has 0 aromatic carbocycles. The highest BCUT2D eigenvalue weighted by Crippen LogP contribution is 2.12. The summed E-state index contributed by atoms with van der Waals surface area (Å²) in [4.78, 5) is 0. The highest BCUT2D eigenvalue weighted by molar-refractivity contribution is 5.83. The van der Waals surface area contributed by atoms with Gasteiger partial charge in [-0.05, 0) is 20.8 Å². The van der Waals surface area contributed by atoms with Gasteiger partial charge in [-0.15, -0.1) is 0 Å². The molecule has 2 heteroatoms. The molecular formula is C7H14N2. The number of rotatable bonds is 1. The molecule has 0 radical (unpaired) electrons. The standard InChI is InChI=1S/C7H14N2/c1-4-9-7(3)5-6(2)8-9/h7H,4-5H2,1-3H3. The molecule has 0 spiro atoms. The Morgan fingerprint density at radius 1 is 1.78 bits per heavy atom. The molecule has 1 atom stereocenters. The van der Waals surface area contributed by atoms with Crippen molar-refractivity contribution in [1.82, 2.24) is 5.01 Å². The van der Waals surface area contributed by atoms with Crippen LogP contribution in [0.3, 0.4) is 0 Å². The quantitative estimate of drug-likeness (QED) is 0.519. The Kier molecular flexibility index (Phi) is 1.74. The fourth-order valence-electron chi connectivity index (χ4n) is 1.27. The SMILES string of the molecule is CCN1N=C(C)CC1C. The topological polar surface area (TPSA) is 15.6 Å². The zero-order valence-electron chi connectivity index (χ0n) is 6.39. The van der Waals surface area contributed by atoms with E-state index in [-0.39, 0.29) is 0 Å². The van der Waals surface area contributed by atoms with E-state index in [2.05, 4.69) is 30.9 Å². The van der Waals surface area contributed by atoms with E-state index in [4.69, 9.17) is 0 Å². The van der Waals surface area contributed by atoms with E-state index in [9.17, 15) is 0 Å². The van der Waals surface area contributed by atoms with Crippen LogP contribution < -0.4 is 0 Å². The van der Waals surface area contributed by atoms with E-state index in [1.165, 1.54) is 5.71 Å². The second-order valence-corrected chi connectivity index (χ2v) is 2.64. The van der Waals surface area contributed by atoms with E-state index in [1.54, 1.807) is 0 Å². The van der Waals surface area contributed by atoms with Gasteiger partial charge >= 0.3 is 0 Å². The zero-order chi connectivity index (χ0) is 6.85. The van der Waals surface area contributed by atoms with Crippen molar-refractivity contribution in [3.8, 4) is 0 Å². The van der Waals surface area contributed by atoms with Crippen LogP contribution in [0.2, 0.25) is 0 Å². The molecule has 0 saturated heterocycles. The van der Waals surface area contributed by atoms with Crippen molar-refractivity contribution < 1.29 is 0 Å². The van der Waals surface area contributed by atoms with Crippen LogP contribution in [0.5, 0.6) is 0 Å². The van der Waals surface area contributed by atoms with Gasteiger partial charge in [0.05, 0.1) is 0 Å². The summed E-state index contributed by atoms with van der Waals surface area (Å²) in [6.07, 6.45) is 1.15. The minimum atomic E-state index is 0.634. The summed E-state index contributed by atoms with van der Waals surface area (Å²) in [6, 6.07) is 0.634. The van der Waals surface area contributed by atoms with E-state index < -0.39 is 0 Å². The number of hydrogen-bond donors (Lipinski definition) is 0. The molecule has 0 amide bonds. The predicted octanol–water partition coefficient (Wildman–Crippen LogP) is 1.48. The highest BCUT2D eigenvalue weighted by Gasteiger charge is 2.16. The molecule has 0 aromatic heterocycles. The lowest BCUT2D eigenvalue weighted by Gasteiger charge is -2.16. The third-order valence-corrected chi connectivity index (χ3v) is 1.72. The molecule has 1 heterocycles. The van der Waals surface area contributed by atoms with Crippen LogP contribution in [-0.4, -0.2) is 23.3 Å². The van der Waals surface area contributed by atoms with Gasteiger partial charge in [0, 0.05) is 24.7 Å². The van der Waals surface area contributed by atoms with Crippen LogP contribution in [-0.2, 0) is 0 Å². The van der Waals surface area contributed by atoms with Crippen molar-refractivity contribution in [2.45, 2.75) is 33.2 Å². The first kappa shape index (κ1) is 6.59. The van der Waals surface area contributed by atoms with E-state index >= 15 is 0 Å². The first-order valence-corrected chi connectivity index (χ1v) is 3.54. The summed E-state index contributed by atoms with van der Waals surface area (Å²) < 4.78 is 0. The zero-order valence-corrected chi connectivity index (χ0v) is 6.39. The first-order valence-electron chi connectivity index (χ1n) is 3.54. The Labute approximate surface area is 56.5 Å². The summed E-state index contributed by atoms with van der Waals surface area (Å²) in [5.74, 6) is 0. The molecule has 0 N–H and O–H groups in total. The van der Waals surface area contributed by atoms with Crippen LogP contribution in [0.15, 0.2) is 5.10 Å². The summed E-state index contributed by atoms with van der Waals surface area (Å²) in [5.41, 5.74) is 1.27. The van der Waals surface area contributed by atoms with E-state index in [0.29, 0.717) is 6.04 Å². The molecule has 0 aliphatic carbocycles. The van der Waals surface area contributed by atoms with Crippen LogP contribution in [0.1, 0.15) is 27.2 Å². The van der Waals surface area contributed by atoms with Gasteiger partial charge in [-0.25, -0.2) is 0 Å². The molecule has 9 heavy (non-hydrogen) atoms. The normalized spacial score (nSPS) is 26.8. The Bertz CT molecular complexity index is 129. The fourth-order valence-corrected chi connectivity index (χ4v) is 1.27. The fraction of sp³-hybridized carbons (Fsp3) is 0.857. The monoisotopic (exact) mass is 126 g/mol. The van der Waals surface area contributed by atoms with Crippen molar-refractivity contribution in [2.75, 3.05) is 6.54 Å². The maximum absolute atomic E-state index is 4.34. The molecule has 52 valence electrons. The van der Waals surface area contributed by atoms with E-state index in [1.807, 2.05) is 0 Å². The largest absolute Gasteiger partial charge is 0.294 e. The van der Waals surface area contributed by atoms with Crippen LogP contribution in [0.4, 0.5) is 0 Å². The minimum absolute atomic E-state index is 0.634. The lowest BCUT2D eigenvalue weighted by molar-refractivity contribution is 0.259. The van der Waals surface area contributed by atoms with Gasteiger partial charge in [-0.2, -0.15) is 5.10 Å². The summed E-state index contributed by atoms with van der Waals surface area (Å²) in [6.45, 7) is 7.48. The van der Waals surface area contributed by atoms with Gasteiger partial charge in [0.1, 0.15) is 0 Å². The minimum Gasteiger partial charge on any atom is -0.294 e. The molecule has 1 aliphatic rings. The first-order chi connectivity index (χ1) is 4.24. The van der Waals surface area contributed by atoms with Gasteiger partial charge in [0.15, 0.2) is 0 Å². The molecule has 0 bridgehead atoms. The van der Waals surface area contributed by atoms with Gasteiger partial charge in [-0.3, -0.25) is 5.01 Å². The Balaban J connectivity index is 2.53. The Morgan fingerprint density at radius 3 is 2.67 bits per heavy atom. The molecular weight excluding hydrogens is 112 g/mol. The molecule has 1 aliphatic heterocycles. The van der Waals surface area contributed by atoms with Crippen molar-refractivity contribution in [2.24, 2.45) is 5.10 Å². The number of hydrazone groups is 1. The molecule has 2 nitrogen and oxygen atoms in total.